The predicted octanol–water partition coefficient (Wildman–Crippen LogP) is 3.44. The molecule has 12 heavy (non-hydrogen) atoms. The highest BCUT2D eigenvalue weighted by Gasteiger charge is 2.10. The van der Waals surface area contributed by atoms with E-state index in [1.54, 1.807) is 6.20 Å². The standard InChI is InChI=1S/C7H7Br3N2/c1-12(2)6-4(8)3-11-7(10)5(6)9/h3H,1-2H3. The van der Waals surface area contributed by atoms with E-state index in [1.807, 2.05) is 19.0 Å². The summed E-state index contributed by atoms with van der Waals surface area (Å²) >= 11 is 10.2. The van der Waals surface area contributed by atoms with Gasteiger partial charge in [-0.15, -0.1) is 0 Å². The van der Waals surface area contributed by atoms with Crippen molar-refractivity contribution < 1.29 is 0 Å². The number of nitrogens with zero attached hydrogens (tertiary/aromatic N) is 2. The second-order valence-electron chi connectivity index (χ2n) is 2.45. The van der Waals surface area contributed by atoms with Gasteiger partial charge in [-0.2, -0.15) is 0 Å². The molecule has 0 amide bonds. The largest absolute Gasteiger partial charge is 0.376 e. The first-order chi connectivity index (χ1) is 5.54. The summed E-state index contributed by atoms with van der Waals surface area (Å²) in [4.78, 5) is 6.13. The van der Waals surface area contributed by atoms with Crippen LogP contribution in [0, 0.1) is 0 Å². The Labute approximate surface area is 96.7 Å². The Hall–Kier alpha value is 0.390. The number of halogens is 3. The van der Waals surface area contributed by atoms with Crippen LogP contribution in [0.4, 0.5) is 5.69 Å². The minimum Gasteiger partial charge on any atom is -0.376 e. The molecule has 1 aromatic heterocycles. The van der Waals surface area contributed by atoms with Crippen LogP contribution in [0.5, 0.6) is 0 Å². The highest BCUT2D eigenvalue weighted by molar-refractivity contribution is 9.13. The number of hydrogen-bond donors (Lipinski definition) is 0. The molecule has 0 saturated heterocycles. The van der Waals surface area contributed by atoms with E-state index in [4.69, 9.17) is 0 Å². The molecule has 5 heteroatoms. The average molecular weight is 359 g/mol. The number of aromatic nitrogens is 1. The molecule has 0 aliphatic carbocycles. The second kappa shape index (κ2) is 4.07. The van der Waals surface area contributed by atoms with Crippen molar-refractivity contribution in [2.24, 2.45) is 0 Å². The highest BCUT2D eigenvalue weighted by atomic mass is 79.9. The zero-order valence-electron chi connectivity index (χ0n) is 6.61. The first-order valence-corrected chi connectivity index (χ1v) is 5.58. The van der Waals surface area contributed by atoms with E-state index >= 15 is 0 Å². The van der Waals surface area contributed by atoms with Crippen LogP contribution in [-0.2, 0) is 0 Å². The van der Waals surface area contributed by atoms with Crippen molar-refractivity contribution >= 4 is 53.5 Å². The molecule has 0 aromatic carbocycles. The summed E-state index contributed by atoms with van der Waals surface area (Å²) in [6.07, 6.45) is 1.77. The van der Waals surface area contributed by atoms with Crippen molar-refractivity contribution in [2.75, 3.05) is 19.0 Å². The van der Waals surface area contributed by atoms with Crippen LogP contribution < -0.4 is 4.90 Å². The molecular weight excluding hydrogens is 352 g/mol. The third-order valence-electron chi connectivity index (χ3n) is 1.35. The lowest BCUT2D eigenvalue weighted by molar-refractivity contribution is 1.09. The zero-order valence-corrected chi connectivity index (χ0v) is 11.4. The van der Waals surface area contributed by atoms with Gasteiger partial charge in [-0.1, -0.05) is 0 Å². The lowest BCUT2D eigenvalue weighted by Crippen LogP contribution is -2.10. The average Bonchev–Trinajstić information content (AvgIpc) is 1.97. The number of hydrogen-bond acceptors (Lipinski definition) is 2. The van der Waals surface area contributed by atoms with E-state index in [0.717, 1.165) is 19.2 Å². The molecule has 0 aliphatic rings. The fraction of sp³-hybridized carbons (Fsp3) is 0.286. The van der Waals surface area contributed by atoms with Gasteiger partial charge >= 0.3 is 0 Å². The molecule has 0 bridgehead atoms. The summed E-state index contributed by atoms with van der Waals surface area (Å²) in [6, 6.07) is 0. The maximum atomic E-state index is 4.12. The smallest absolute Gasteiger partial charge is 0.122 e. The SMILES string of the molecule is CN(C)c1c(Br)cnc(Br)c1Br. The van der Waals surface area contributed by atoms with Gasteiger partial charge in [-0.05, 0) is 47.8 Å². The third-order valence-corrected chi connectivity index (χ3v) is 3.82. The fourth-order valence-electron chi connectivity index (χ4n) is 0.844. The molecule has 1 aromatic rings. The summed E-state index contributed by atoms with van der Waals surface area (Å²) in [5, 5.41) is 0. The molecular formula is C7H7Br3N2. The van der Waals surface area contributed by atoms with Crippen LogP contribution in [0.25, 0.3) is 0 Å². The van der Waals surface area contributed by atoms with Gasteiger partial charge in [0, 0.05) is 20.3 Å². The molecule has 0 fully saturated rings. The first kappa shape index (κ1) is 10.5. The van der Waals surface area contributed by atoms with Crippen LogP contribution in [-0.4, -0.2) is 19.1 Å². The maximum absolute atomic E-state index is 4.12. The summed E-state index contributed by atoms with van der Waals surface area (Å²) in [5.41, 5.74) is 1.08. The van der Waals surface area contributed by atoms with E-state index < -0.39 is 0 Å². The number of rotatable bonds is 1. The maximum Gasteiger partial charge on any atom is 0.122 e. The normalized spacial score (nSPS) is 10.1. The fourth-order valence-corrected chi connectivity index (χ4v) is 2.73. The van der Waals surface area contributed by atoms with Gasteiger partial charge in [-0.3, -0.25) is 0 Å². The molecule has 0 radical (unpaired) electrons. The van der Waals surface area contributed by atoms with Crippen LogP contribution >= 0.6 is 47.8 Å². The summed E-state index contributed by atoms with van der Waals surface area (Å²) < 4.78 is 2.75. The minimum atomic E-state index is 0.814. The van der Waals surface area contributed by atoms with Crippen LogP contribution in [0.2, 0.25) is 0 Å². The molecule has 0 spiro atoms. The van der Waals surface area contributed by atoms with Gasteiger partial charge in [0.25, 0.3) is 0 Å². The van der Waals surface area contributed by atoms with Gasteiger partial charge in [0.15, 0.2) is 0 Å². The van der Waals surface area contributed by atoms with Gasteiger partial charge in [0.05, 0.1) is 14.6 Å². The number of pyridine rings is 1. The van der Waals surface area contributed by atoms with Crippen molar-refractivity contribution in [1.29, 1.82) is 0 Å². The molecule has 0 aliphatic heterocycles. The Kier molecular flexibility index (Phi) is 3.55. The topological polar surface area (TPSA) is 16.1 Å². The molecule has 0 saturated carbocycles. The van der Waals surface area contributed by atoms with E-state index in [9.17, 15) is 0 Å². The molecule has 0 unspecified atom stereocenters. The Bertz CT molecular complexity index is 299. The van der Waals surface area contributed by atoms with Gasteiger partial charge in [-0.25, -0.2) is 4.98 Å². The lowest BCUT2D eigenvalue weighted by atomic mass is 10.4. The molecule has 0 N–H and O–H groups in total. The Balaban J connectivity index is 3.33. The third kappa shape index (κ3) is 2.00. The molecule has 0 atom stereocenters. The van der Waals surface area contributed by atoms with Crippen LogP contribution in [0.3, 0.4) is 0 Å². The van der Waals surface area contributed by atoms with Crippen molar-refractivity contribution in [2.45, 2.75) is 0 Å². The van der Waals surface area contributed by atoms with Crippen molar-refractivity contribution in [3.63, 3.8) is 0 Å². The van der Waals surface area contributed by atoms with Crippen LogP contribution in [0.15, 0.2) is 19.7 Å². The van der Waals surface area contributed by atoms with Crippen molar-refractivity contribution in [3.05, 3.63) is 19.7 Å². The first-order valence-electron chi connectivity index (χ1n) is 3.21. The van der Waals surface area contributed by atoms with Crippen molar-refractivity contribution in [1.82, 2.24) is 4.98 Å². The van der Waals surface area contributed by atoms with Gasteiger partial charge in [0.2, 0.25) is 0 Å². The Morgan fingerprint density at radius 2 is 1.83 bits per heavy atom. The molecule has 1 heterocycles. The zero-order chi connectivity index (χ0) is 9.30. The molecule has 2 nitrogen and oxygen atoms in total. The number of anilines is 1. The van der Waals surface area contributed by atoms with Gasteiger partial charge in [0.1, 0.15) is 4.60 Å². The Morgan fingerprint density at radius 3 is 2.25 bits per heavy atom. The van der Waals surface area contributed by atoms with E-state index in [1.165, 1.54) is 0 Å². The predicted molar refractivity (Wildman–Crippen MR) is 61.7 cm³/mol. The van der Waals surface area contributed by atoms with Crippen molar-refractivity contribution in [3.8, 4) is 0 Å². The summed E-state index contributed by atoms with van der Waals surface area (Å²) in [5.74, 6) is 0. The second-order valence-corrected chi connectivity index (χ2v) is 4.85. The monoisotopic (exact) mass is 356 g/mol. The lowest BCUT2D eigenvalue weighted by Gasteiger charge is -2.16. The van der Waals surface area contributed by atoms with E-state index in [2.05, 4.69) is 52.8 Å². The van der Waals surface area contributed by atoms with E-state index in [0.29, 0.717) is 0 Å². The Morgan fingerprint density at radius 1 is 1.25 bits per heavy atom. The molecule has 1 rings (SSSR count). The quantitative estimate of drug-likeness (QED) is 0.715. The summed E-state index contributed by atoms with van der Waals surface area (Å²) in [7, 11) is 3.97. The van der Waals surface area contributed by atoms with E-state index in [-0.39, 0.29) is 0 Å². The van der Waals surface area contributed by atoms with Crippen LogP contribution in [0.1, 0.15) is 0 Å². The highest BCUT2D eigenvalue weighted by Crippen LogP contribution is 2.36. The van der Waals surface area contributed by atoms with Gasteiger partial charge < -0.3 is 4.90 Å². The minimum absolute atomic E-state index is 0.814. The summed E-state index contributed by atoms with van der Waals surface area (Å²) in [6.45, 7) is 0. The molecule has 66 valence electrons.